The smallest absolute Gasteiger partial charge is 0.247 e. The average Bonchev–Trinajstić information content (AvgIpc) is 3.72. The Labute approximate surface area is 270 Å². The molecule has 0 bridgehead atoms. The minimum Gasteiger partial charge on any atom is -0.493 e. The minimum absolute atomic E-state index is 0.0158. The lowest BCUT2D eigenvalue weighted by molar-refractivity contribution is -0.142. The molecule has 0 radical (unpaired) electrons. The van der Waals surface area contributed by atoms with Crippen LogP contribution >= 0.6 is 22.6 Å². The van der Waals surface area contributed by atoms with E-state index in [0.29, 0.717) is 39.2 Å². The molecule has 1 saturated carbocycles. The fourth-order valence-electron chi connectivity index (χ4n) is 6.25. The third-order valence-electron chi connectivity index (χ3n) is 8.54. The van der Waals surface area contributed by atoms with E-state index in [1.54, 1.807) is 23.1 Å². The molecular weight excluding hydrogens is 677 g/mol. The van der Waals surface area contributed by atoms with E-state index in [4.69, 9.17) is 9.47 Å². The van der Waals surface area contributed by atoms with Crippen LogP contribution in [0.3, 0.4) is 0 Å². The standard InChI is InChI=1S/C33H40IN3O7/c1-43-29-15-20(19-39)14-25(34)31(29)44-28-18-23(32(41)35-11-13-38)17-27(30(28)40)37(33(42)21-6-2-3-7-21)12-10-24-16-22-8-4-5-9-26(22)36-24/h4-5,8-9,14-16,18,21,27-28,30,36,38-40H,2-3,6-7,10-13,17,19H2,1H3,(H,35,41). The topological polar surface area (TPSA) is 144 Å². The zero-order valence-electron chi connectivity index (χ0n) is 24.8. The van der Waals surface area contributed by atoms with Crippen LogP contribution in [-0.4, -0.2) is 82.1 Å². The molecule has 2 amide bonds. The number of halogens is 1. The zero-order chi connectivity index (χ0) is 31.2. The van der Waals surface area contributed by atoms with Gasteiger partial charge in [0.2, 0.25) is 11.8 Å². The van der Waals surface area contributed by atoms with Gasteiger partial charge in [-0.1, -0.05) is 31.0 Å². The van der Waals surface area contributed by atoms with Crippen LogP contribution in [0.4, 0.5) is 0 Å². The Morgan fingerprint density at radius 3 is 2.61 bits per heavy atom. The van der Waals surface area contributed by atoms with Crippen LogP contribution in [0.25, 0.3) is 10.9 Å². The number of aliphatic hydroxyl groups excluding tert-OH is 3. The molecule has 3 unspecified atom stereocenters. The number of ether oxygens (including phenoxy) is 2. The van der Waals surface area contributed by atoms with Crippen LogP contribution in [0.15, 0.2) is 54.1 Å². The molecule has 3 aromatic rings. The van der Waals surface area contributed by atoms with Crippen LogP contribution in [-0.2, 0) is 22.6 Å². The Bertz CT molecular complexity index is 1470. The summed E-state index contributed by atoms with van der Waals surface area (Å²) in [6.07, 6.45) is 3.75. The highest BCUT2D eigenvalue weighted by molar-refractivity contribution is 14.1. The first-order chi connectivity index (χ1) is 21.3. The predicted molar refractivity (Wildman–Crippen MR) is 174 cm³/mol. The van der Waals surface area contributed by atoms with E-state index in [0.717, 1.165) is 42.3 Å². The largest absolute Gasteiger partial charge is 0.493 e. The average molecular weight is 718 g/mol. The van der Waals surface area contributed by atoms with E-state index in [2.05, 4.69) is 39.0 Å². The van der Waals surface area contributed by atoms with E-state index >= 15 is 0 Å². The van der Waals surface area contributed by atoms with Gasteiger partial charge in [0, 0.05) is 48.6 Å². The Hall–Kier alpha value is -3.13. The number of fused-ring (bicyclic) bond motifs is 1. The number of nitrogens with one attached hydrogen (secondary N) is 2. The fraction of sp³-hybridized carbons (Fsp3) is 0.455. The lowest BCUT2D eigenvalue weighted by atomic mass is 9.87. The maximum Gasteiger partial charge on any atom is 0.247 e. The minimum atomic E-state index is -1.14. The summed E-state index contributed by atoms with van der Waals surface area (Å²) in [5.41, 5.74) is 3.01. The lowest BCUT2D eigenvalue weighted by Gasteiger charge is -2.41. The number of rotatable bonds is 12. The van der Waals surface area contributed by atoms with Crippen molar-refractivity contribution in [2.24, 2.45) is 5.92 Å². The maximum atomic E-state index is 14.1. The van der Waals surface area contributed by atoms with Crippen molar-refractivity contribution < 1.29 is 34.4 Å². The molecule has 2 aliphatic rings. The summed E-state index contributed by atoms with van der Waals surface area (Å²) in [5, 5.41) is 34.6. The molecule has 10 nitrogen and oxygen atoms in total. The first-order valence-corrected chi connectivity index (χ1v) is 16.2. The summed E-state index contributed by atoms with van der Waals surface area (Å²) in [7, 11) is 1.50. The summed E-state index contributed by atoms with van der Waals surface area (Å²) in [6, 6.07) is 12.8. The number of para-hydroxylation sites is 1. The van der Waals surface area contributed by atoms with Crippen molar-refractivity contribution in [3.8, 4) is 11.5 Å². The van der Waals surface area contributed by atoms with Gasteiger partial charge in [-0.05, 0) is 76.7 Å². The van der Waals surface area contributed by atoms with Crippen molar-refractivity contribution >= 4 is 45.3 Å². The summed E-state index contributed by atoms with van der Waals surface area (Å²) in [4.78, 5) is 32.5. The van der Waals surface area contributed by atoms with Gasteiger partial charge >= 0.3 is 0 Å². The van der Waals surface area contributed by atoms with E-state index in [9.17, 15) is 24.9 Å². The molecule has 1 fully saturated rings. The van der Waals surface area contributed by atoms with Crippen LogP contribution < -0.4 is 14.8 Å². The molecule has 1 heterocycles. The van der Waals surface area contributed by atoms with E-state index in [1.807, 2.05) is 24.3 Å². The maximum absolute atomic E-state index is 14.1. The number of amides is 2. The second kappa shape index (κ2) is 14.8. The van der Waals surface area contributed by atoms with Crippen LogP contribution in [0.1, 0.15) is 43.4 Å². The number of H-pyrrole nitrogens is 1. The number of aliphatic hydroxyl groups is 3. The van der Waals surface area contributed by atoms with Gasteiger partial charge in [-0.2, -0.15) is 0 Å². The summed E-state index contributed by atoms with van der Waals surface area (Å²) in [6.45, 7) is 0.0431. The molecule has 5 N–H and O–H groups in total. The lowest BCUT2D eigenvalue weighted by Crippen LogP contribution is -2.56. The molecule has 5 rings (SSSR count). The van der Waals surface area contributed by atoms with Crippen molar-refractivity contribution in [1.82, 2.24) is 15.2 Å². The molecule has 2 aliphatic carbocycles. The Morgan fingerprint density at radius 2 is 1.91 bits per heavy atom. The number of nitrogens with zero attached hydrogens (tertiary/aromatic N) is 1. The number of aromatic nitrogens is 1. The van der Waals surface area contributed by atoms with Crippen molar-refractivity contribution in [2.45, 2.75) is 63.4 Å². The van der Waals surface area contributed by atoms with Gasteiger partial charge in [-0.3, -0.25) is 9.59 Å². The quantitative estimate of drug-likeness (QED) is 0.181. The van der Waals surface area contributed by atoms with E-state index < -0.39 is 18.2 Å². The van der Waals surface area contributed by atoms with Crippen LogP contribution in [0.2, 0.25) is 0 Å². The van der Waals surface area contributed by atoms with Gasteiger partial charge in [0.05, 0.1) is 29.9 Å². The van der Waals surface area contributed by atoms with Crippen LogP contribution in [0.5, 0.6) is 11.5 Å². The number of carbonyl (C=O) groups is 2. The molecule has 0 spiro atoms. The fourth-order valence-corrected chi connectivity index (χ4v) is 7.04. The number of carbonyl (C=O) groups excluding carboxylic acids is 2. The third kappa shape index (κ3) is 7.22. The number of hydrogen-bond acceptors (Lipinski definition) is 7. The van der Waals surface area contributed by atoms with Gasteiger partial charge in [0.25, 0.3) is 0 Å². The van der Waals surface area contributed by atoms with Crippen molar-refractivity contribution in [1.29, 1.82) is 0 Å². The molecule has 0 aliphatic heterocycles. The van der Waals surface area contributed by atoms with Crippen molar-refractivity contribution in [2.75, 3.05) is 26.8 Å². The number of aromatic amines is 1. The summed E-state index contributed by atoms with van der Waals surface area (Å²) >= 11 is 2.09. The number of hydrogen-bond donors (Lipinski definition) is 5. The Morgan fingerprint density at radius 1 is 1.14 bits per heavy atom. The molecule has 236 valence electrons. The highest BCUT2D eigenvalue weighted by Gasteiger charge is 2.42. The highest BCUT2D eigenvalue weighted by Crippen LogP contribution is 2.38. The number of benzene rings is 2. The molecule has 1 aromatic heterocycles. The number of methoxy groups -OCH3 is 1. The predicted octanol–water partition coefficient (Wildman–Crippen LogP) is 3.45. The van der Waals surface area contributed by atoms with E-state index in [1.165, 1.54) is 7.11 Å². The van der Waals surface area contributed by atoms with Gasteiger partial charge < -0.3 is 40.0 Å². The van der Waals surface area contributed by atoms with E-state index in [-0.39, 0.29) is 43.9 Å². The second-order valence-electron chi connectivity index (χ2n) is 11.4. The van der Waals surface area contributed by atoms with Crippen molar-refractivity contribution in [3.05, 3.63) is 68.9 Å². The summed E-state index contributed by atoms with van der Waals surface area (Å²) in [5.74, 6) is 0.221. The van der Waals surface area contributed by atoms with Crippen molar-refractivity contribution in [3.63, 3.8) is 0 Å². The molecular formula is C33H40IN3O7. The first kappa shape index (κ1) is 32.3. The third-order valence-corrected chi connectivity index (χ3v) is 9.34. The van der Waals surface area contributed by atoms with Gasteiger partial charge in [-0.15, -0.1) is 0 Å². The Balaban J connectivity index is 1.48. The molecule has 44 heavy (non-hydrogen) atoms. The molecule has 3 atom stereocenters. The van der Waals surface area contributed by atoms with Gasteiger partial charge in [-0.25, -0.2) is 0 Å². The second-order valence-corrected chi connectivity index (χ2v) is 12.6. The van der Waals surface area contributed by atoms with Gasteiger partial charge in [0.15, 0.2) is 11.5 Å². The summed E-state index contributed by atoms with van der Waals surface area (Å²) < 4.78 is 12.6. The van der Waals surface area contributed by atoms with Crippen LogP contribution in [0, 0.1) is 9.49 Å². The van der Waals surface area contributed by atoms with Gasteiger partial charge in [0.1, 0.15) is 12.2 Å². The molecule has 0 saturated heterocycles. The molecule has 11 heteroatoms. The first-order valence-electron chi connectivity index (χ1n) is 15.1. The normalized spacial score (nSPS) is 20.4. The SMILES string of the molecule is COc1cc(CO)cc(I)c1OC1C=C(C(=O)NCCO)CC(N(CCc2cc3ccccc3[nH]2)C(=O)C2CCCC2)C1O. The monoisotopic (exact) mass is 717 g/mol. The molecule has 2 aromatic carbocycles. The highest BCUT2D eigenvalue weighted by atomic mass is 127. The zero-order valence-corrected chi connectivity index (χ0v) is 27.0. The Kier molecular flexibility index (Phi) is 10.8.